The van der Waals surface area contributed by atoms with E-state index in [1.165, 1.54) is 0 Å². The summed E-state index contributed by atoms with van der Waals surface area (Å²) in [6, 6.07) is 5.56. The molecule has 3 rings (SSSR count). The van der Waals surface area contributed by atoms with Crippen LogP contribution in [0.3, 0.4) is 0 Å². The molecular formula is C17H22N4O4. The molecule has 0 radical (unpaired) electrons. The van der Waals surface area contributed by atoms with Crippen molar-refractivity contribution < 1.29 is 19.1 Å². The van der Waals surface area contributed by atoms with E-state index in [1.807, 2.05) is 16.8 Å². The summed E-state index contributed by atoms with van der Waals surface area (Å²) in [5.74, 6) is -0.140. The molecule has 25 heavy (non-hydrogen) atoms. The smallest absolute Gasteiger partial charge is 0.303 e. The fourth-order valence-electron chi connectivity index (χ4n) is 2.94. The van der Waals surface area contributed by atoms with Gasteiger partial charge in [0.2, 0.25) is 5.91 Å². The Morgan fingerprint density at radius 2 is 2.24 bits per heavy atom. The molecule has 0 saturated carbocycles. The maximum atomic E-state index is 12.1. The van der Waals surface area contributed by atoms with Gasteiger partial charge >= 0.3 is 5.97 Å². The zero-order valence-corrected chi connectivity index (χ0v) is 14.0. The molecule has 2 aromatic rings. The number of carbonyl (C=O) groups is 2. The van der Waals surface area contributed by atoms with Crippen LogP contribution in [-0.4, -0.2) is 44.8 Å². The van der Waals surface area contributed by atoms with E-state index in [0.717, 1.165) is 36.7 Å². The van der Waals surface area contributed by atoms with Crippen molar-refractivity contribution in [3.05, 3.63) is 41.6 Å². The van der Waals surface area contributed by atoms with Crippen LogP contribution in [0.2, 0.25) is 0 Å². The number of hydrogen-bond donors (Lipinski definition) is 2. The van der Waals surface area contributed by atoms with Gasteiger partial charge in [-0.15, -0.1) is 0 Å². The Morgan fingerprint density at radius 1 is 1.36 bits per heavy atom. The van der Waals surface area contributed by atoms with Gasteiger partial charge in [0.1, 0.15) is 5.76 Å². The average Bonchev–Trinajstić information content (AvgIpc) is 3.18. The SMILES string of the molecule is O=C(O)CCc1cc2n(n1)CCCN(CC(=O)NCc1ccco1)C2. The third kappa shape index (κ3) is 4.93. The Labute approximate surface area is 145 Å². The van der Waals surface area contributed by atoms with Crippen LogP contribution < -0.4 is 5.32 Å². The number of rotatable bonds is 7. The zero-order chi connectivity index (χ0) is 17.6. The molecule has 134 valence electrons. The van der Waals surface area contributed by atoms with Crippen LogP contribution in [0.25, 0.3) is 0 Å². The lowest BCUT2D eigenvalue weighted by molar-refractivity contribution is -0.137. The van der Waals surface area contributed by atoms with E-state index in [1.54, 1.807) is 12.3 Å². The highest BCUT2D eigenvalue weighted by molar-refractivity contribution is 5.77. The number of aryl methyl sites for hydroxylation is 2. The van der Waals surface area contributed by atoms with Crippen LogP contribution in [0.4, 0.5) is 0 Å². The van der Waals surface area contributed by atoms with Crippen molar-refractivity contribution in [3.8, 4) is 0 Å². The molecule has 0 aliphatic carbocycles. The summed E-state index contributed by atoms with van der Waals surface area (Å²) in [6.45, 7) is 2.94. The molecule has 1 amide bonds. The van der Waals surface area contributed by atoms with Gasteiger partial charge in [0.15, 0.2) is 0 Å². The first-order chi connectivity index (χ1) is 12.1. The van der Waals surface area contributed by atoms with Gasteiger partial charge in [-0.2, -0.15) is 5.10 Å². The molecule has 1 aliphatic rings. The molecule has 0 fully saturated rings. The van der Waals surface area contributed by atoms with Gasteiger partial charge in [-0.3, -0.25) is 19.2 Å². The van der Waals surface area contributed by atoms with Crippen molar-refractivity contribution >= 4 is 11.9 Å². The summed E-state index contributed by atoms with van der Waals surface area (Å²) in [6.07, 6.45) is 2.99. The lowest BCUT2D eigenvalue weighted by Crippen LogP contribution is -2.36. The minimum absolute atomic E-state index is 0.0459. The van der Waals surface area contributed by atoms with Gasteiger partial charge in [-0.1, -0.05) is 0 Å². The summed E-state index contributed by atoms with van der Waals surface area (Å²) in [7, 11) is 0. The van der Waals surface area contributed by atoms with Gasteiger partial charge in [-0.25, -0.2) is 0 Å². The monoisotopic (exact) mass is 346 g/mol. The van der Waals surface area contributed by atoms with Crippen molar-refractivity contribution in [2.45, 2.75) is 38.9 Å². The zero-order valence-electron chi connectivity index (χ0n) is 14.0. The Morgan fingerprint density at radius 3 is 3.00 bits per heavy atom. The Bertz CT molecular complexity index is 723. The van der Waals surface area contributed by atoms with E-state index < -0.39 is 5.97 Å². The third-order valence-corrected chi connectivity index (χ3v) is 4.15. The normalized spacial score (nSPS) is 14.7. The second-order valence-electron chi connectivity index (χ2n) is 6.16. The topological polar surface area (TPSA) is 101 Å². The van der Waals surface area contributed by atoms with Crippen molar-refractivity contribution in [1.82, 2.24) is 20.0 Å². The van der Waals surface area contributed by atoms with Crippen molar-refractivity contribution in [3.63, 3.8) is 0 Å². The summed E-state index contributed by atoms with van der Waals surface area (Å²) in [5, 5.41) is 16.1. The molecule has 2 N–H and O–H groups in total. The molecule has 3 heterocycles. The molecule has 8 nitrogen and oxygen atoms in total. The second kappa shape index (κ2) is 7.98. The fourth-order valence-corrected chi connectivity index (χ4v) is 2.94. The minimum Gasteiger partial charge on any atom is -0.481 e. The first kappa shape index (κ1) is 17.2. The summed E-state index contributed by atoms with van der Waals surface area (Å²) in [4.78, 5) is 24.9. The van der Waals surface area contributed by atoms with Gasteiger partial charge in [0.25, 0.3) is 0 Å². The number of nitrogens with zero attached hydrogens (tertiary/aromatic N) is 3. The summed E-state index contributed by atoms with van der Waals surface area (Å²) >= 11 is 0. The number of fused-ring (bicyclic) bond motifs is 1. The third-order valence-electron chi connectivity index (χ3n) is 4.15. The lowest BCUT2D eigenvalue weighted by Gasteiger charge is -2.18. The van der Waals surface area contributed by atoms with Crippen molar-refractivity contribution in [2.24, 2.45) is 0 Å². The van der Waals surface area contributed by atoms with Crippen LogP contribution in [-0.2, 0) is 35.6 Å². The average molecular weight is 346 g/mol. The van der Waals surface area contributed by atoms with E-state index in [9.17, 15) is 9.59 Å². The largest absolute Gasteiger partial charge is 0.481 e. The minimum atomic E-state index is -0.821. The predicted molar refractivity (Wildman–Crippen MR) is 88.6 cm³/mol. The van der Waals surface area contributed by atoms with Crippen LogP contribution in [0.1, 0.15) is 30.0 Å². The molecule has 0 saturated heterocycles. The van der Waals surface area contributed by atoms with E-state index in [-0.39, 0.29) is 12.3 Å². The number of hydrogen-bond acceptors (Lipinski definition) is 5. The highest BCUT2D eigenvalue weighted by atomic mass is 16.4. The molecule has 0 spiro atoms. The summed E-state index contributed by atoms with van der Waals surface area (Å²) in [5.41, 5.74) is 1.82. The van der Waals surface area contributed by atoms with Crippen LogP contribution in [0.5, 0.6) is 0 Å². The van der Waals surface area contributed by atoms with Crippen LogP contribution in [0, 0.1) is 0 Å². The lowest BCUT2D eigenvalue weighted by atomic mass is 10.2. The molecule has 1 aliphatic heterocycles. The second-order valence-corrected chi connectivity index (χ2v) is 6.16. The molecule has 2 aromatic heterocycles. The van der Waals surface area contributed by atoms with Gasteiger partial charge in [-0.05, 0) is 24.6 Å². The number of nitrogens with one attached hydrogen (secondary N) is 1. The molecule has 0 unspecified atom stereocenters. The number of aromatic nitrogens is 2. The van der Waals surface area contributed by atoms with E-state index in [4.69, 9.17) is 9.52 Å². The highest BCUT2D eigenvalue weighted by Crippen LogP contribution is 2.14. The van der Waals surface area contributed by atoms with Crippen LogP contribution in [0.15, 0.2) is 28.9 Å². The van der Waals surface area contributed by atoms with E-state index in [2.05, 4.69) is 15.3 Å². The standard InChI is InChI=1S/C17H22N4O4/c22-16(18-10-15-3-1-8-25-15)12-20-6-2-7-21-14(11-20)9-13(19-21)4-5-17(23)24/h1,3,8-9H,2,4-7,10-12H2,(H,18,22)(H,23,24). The van der Waals surface area contributed by atoms with Crippen molar-refractivity contribution in [2.75, 3.05) is 13.1 Å². The Hall–Kier alpha value is -2.61. The molecule has 0 atom stereocenters. The van der Waals surface area contributed by atoms with Gasteiger partial charge in [0, 0.05) is 26.1 Å². The molecular weight excluding hydrogens is 324 g/mol. The number of amides is 1. The first-order valence-electron chi connectivity index (χ1n) is 8.39. The Kier molecular flexibility index (Phi) is 5.49. The number of aliphatic carboxylic acids is 1. The quantitative estimate of drug-likeness (QED) is 0.776. The maximum absolute atomic E-state index is 12.1. The van der Waals surface area contributed by atoms with Gasteiger partial charge in [0.05, 0.1) is 37.2 Å². The number of furan rings is 1. The number of carboxylic acids is 1. The molecule has 0 bridgehead atoms. The maximum Gasteiger partial charge on any atom is 0.303 e. The van der Waals surface area contributed by atoms with E-state index >= 15 is 0 Å². The Balaban J connectivity index is 1.53. The number of carbonyl (C=O) groups excluding carboxylic acids is 1. The fraction of sp³-hybridized carbons (Fsp3) is 0.471. The van der Waals surface area contributed by atoms with Crippen molar-refractivity contribution in [1.29, 1.82) is 0 Å². The molecule has 0 aromatic carbocycles. The predicted octanol–water partition coefficient (Wildman–Crippen LogP) is 1.02. The highest BCUT2D eigenvalue weighted by Gasteiger charge is 2.19. The van der Waals surface area contributed by atoms with Gasteiger partial charge < -0.3 is 14.8 Å². The number of carboxylic acid groups (broad SMARTS) is 1. The first-order valence-corrected chi connectivity index (χ1v) is 8.39. The molecule has 8 heteroatoms. The van der Waals surface area contributed by atoms with E-state index in [0.29, 0.717) is 26.1 Å². The van der Waals surface area contributed by atoms with Crippen LogP contribution >= 0.6 is 0 Å². The summed E-state index contributed by atoms with van der Waals surface area (Å²) < 4.78 is 7.13.